The second kappa shape index (κ2) is 9.11. The molecule has 0 aliphatic carbocycles. The lowest BCUT2D eigenvalue weighted by Crippen LogP contribution is -2.23. The molecule has 0 bridgehead atoms. The number of hydrogen-bond acceptors (Lipinski definition) is 4. The van der Waals surface area contributed by atoms with Crippen molar-refractivity contribution in [1.82, 2.24) is 4.98 Å². The SMILES string of the molecule is CCN(CC)c1ccc(CN=C(N)Nc2ccc(OC(F)(F)F)cc2)cn1. The number of rotatable bonds is 7. The number of aliphatic imine (C=N–C) groups is 1. The number of alkyl halides is 3. The van der Waals surface area contributed by atoms with Crippen LogP contribution in [0, 0.1) is 0 Å². The molecule has 27 heavy (non-hydrogen) atoms. The summed E-state index contributed by atoms with van der Waals surface area (Å²) in [5.74, 6) is 0.746. The highest BCUT2D eigenvalue weighted by atomic mass is 19.4. The molecule has 0 radical (unpaired) electrons. The summed E-state index contributed by atoms with van der Waals surface area (Å²) in [6, 6.07) is 9.09. The maximum atomic E-state index is 12.1. The van der Waals surface area contributed by atoms with E-state index in [4.69, 9.17) is 5.73 Å². The maximum Gasteiger partial charge on any atom is 0.573 e. The van der Waals surface area contributed by atoms with Crippen molar-refractivity contribution in [3.05, 3.63) is 48.2 Å². The molecule has 2 aromatic rings. The molecule has 2 rings (SSSR count). The minimum Gasteiger partial charge on any atom is -0.406 e. The van der Waals surface area contributed by atoms with E-state index in [1.807, 2.05) is 12.1 Å². The molecule has 146 valence electrons. The number of ether oxygens (including phenoxy) is 1. The highest BCUT2D eigenvalue weighted by Gasteiger charge is 2.30. The summed E-state index contributed by atoms with van der Waals surface area (Å²) < 4.78 is 40.2. The summed E-state index contributed by atoms with van der Waals surface area (Å²) in [4.78, 5) is 10.8. The van der Waals surface area contributed by atoms with Gasteiger partial charge in [-0.1, -0.05) is 6.07 Å². The summed E-state index contributed by atoms with van der Waals surface area (Å²) in [6.45, 7) is 6.23. The van der Waals surface area contributed by atoms with Gasteiger partial charge < -0.3 is 20.7 Å². The molecule has 1 aromatic heterocycles. The first-order valence-corrected chi connectivity index (χ1v) is 8.43. The fourth-order valence-corrected chi connectivity index (χ4v) is 2.35. The van der Waals surface area contributed by atoms with Crippen LogP contribution in [0.25, 0.3) is 0 Å². The van der Waals surface area contributed by atoms with E-state index in [2.05, 4.69) is 38.8 Å². The highest BCUT2D eigenvalue weighted by Crippen LogP contribution is 2.23. The first kappa shape index (κ1) is 20.3. The lowest BCUT2D eigenvalue weighted by molar-refractivity contribution is -0.274. The van der Waals surface area contributed by atoms with Crippen molar-refractivity contribution < 1.29 is 17.9 Å². The molecule has 0 saturated heterocycles. The molecule has 1 heterocycles. The Morgan fingerprint density at radius 1 is 1.15 bits per heavy atom. The number of nitrogens with one attached hydrogen (secondary N) is 1. The van der Waals surface area contributed by atoms with Crippen LogP contribution in [-0.2, 0) is 6.54 Å². The van der Waals surface area contributed by atoms with E-state index in [-0.39, 0.29) is 11.7 Å². The summed E-state index contributed by atoms with van der Waals surface area (Å²) in [7, 11) is 0. The van der Waals surface area contributed by atoms with Gasteiger partial charge in [-0.25, -0.2) is 9.98 Å². The third-order valence-corrected chi connectivity index (χ3v) is 3.69. The summed E-state index contributed by atoms with van der Waals surface area (Å²) in [5.41, 5.74) is 7.21. The van der Waals surface area contributed by atoms with Crippen LogP contribution in [-0.4, -0.2) is 30.4 Å². The minimum absolute atomic E-state index is 0.146. The topological polar surface area (TPSA) is 75.8 Å². The van der Waals surface area contributed by atoms with Crippen molar-refractivity contribution in [2.45, 2.75) is 26.8 Å². The number of benzene rings is 1. The first-order valence-electron chi connectivity index (χ1n) is 8.43. The van der Waals surface area contributed by atoms with E-state index in [9.17, 15) is 13.2 Å². The Labute approximate surface area is 155 Å². The van der Waals surface area contributed by atoms with Gasteiger partial charge in [-0.2, -0.15) is 0 Å². The number of nitrogens with two attached hydrogens (primary N) is 1. The monoisotopic (exact) mass is 381 g/mol. The number of pyridine rings is 1. The molecule has 0 spiro atoms. The van der Waals surface area contributed by atoms with Crippen LogP contribution in [0.3, 0.4) is 0 Å². The molecule has 0 fully saturated rings. The normalized spacial score (nSPS) is 12.0. The van der Waals surface area contributed by atoms with E-state index < -0.39 is 6.36 Å². The number of anilines is 2. The lowest BCUT2D eigenvalue weighted by atomic mass is 10.3. The van der Waals surface area contributed by atoms with Crippen LogP contribution < -0.4 is 20.7 Å². The Morgan fingerprint density at radius 3 is 2.33 bits per heavy atom. The van der Waals surface area contributed by atoms with E-state index in [0.29, 0.717) is 12.2 Å². The summed E-state index contributed by atoms with van der Waals surface area (Å²) in [5, 5.41) is 2.81. The first-order chi connectivity index (χ1) is 12.8. The summed E-state index contributed by atoms with van der Waals surface area (Å²) in [6.07, 6.45) is -2.97. The fraction of sp³-hybridized carbons (Fsp3) is 0.333. The number of hydrogen-bond donors (Lipinski definition) is 2. The Kier molecular flexibility index (Phi) is 6.86. The average Bonchev–Trinajstić information content (AvgIpc) is 2.62. The van der Waals surface area contributed by atoms with Gasteiger partial charge in [-0.05, 0) is 49.7 Å². The van der Waals surface area contributed by atoms with Crippen LogP contribution in [0.5, 0.6) is 5.75 Å². The van der Waals surface area contributed by atoms with Gasteiger partial charge in [-0.15, -0.1) is 13.2 Å². The quantitative estimate of drug-likeness (QED) is 0.564. The predicted octanol–water partition coefficient (Wildman–Crippen LogP) is 3.75. The second-order valence-electron chi connectivity index (χ2n) is 5.60. The van der Waals surface area contributed by atoms with Crippen molar-refractivity contribution in [1.29, 1.82) is 0 Å². The lowest BCUT2D eigenvalue weighted by Gasteiger charge is -2.19. The highest BCUT2D eigenvalue weighted by molar-refractivity contribution is 5.92. The molecule has 0 amide bonds. The van der Waals surface area contributed by atoms with Crippen molar-refractivity contribution in [3.8, 4) is 5.75 Å². The molecule has 0 atom stereocenters. The number of aromatic nitrogens is 1. The predicted molar refractivity (Wildman–Crippen MR) is 99.9 cm³/mol. The van der Waals surface area contributed by atoms with Gasteiger partial charge in [0.1, 0.15) is 11.6 Å². The minimum atomic E-state index is -4.72. The van der Waals surface area contributed by atoms with E-state index in [1.165, 1.54) is 24.3 Å². The second-order valence-corrected chi connectivity index (χ2v) is 5.60. The standard InChI is InChI=1S/C18H22F3N5O/c1-3-26(4-2)16-10-5-13(11-23-16)12-24-17(22)25-14-6-8-15(9-7-14)27-18(19,20)21/h5-11H,3-4,12H2,1-2H3,(H3,22,24,25). The van der Waals surface area contributed by atoms with Gasteiger partial charge in [0.2, 0.25) is 0 Å². The zero-order valence-corrected chi connectivity index (χ0v) is 15.1. The van der Waals surface area contributed by atoms with Crippen LogP contribution in [0.1, 0.15) is 19.4 Å². The van der Waals surface area contributed by atoms with Crippen LogP contribution in [0.15, 0.2) is 47.6 Å². The molecule has 0 unspecified atom stereocenters. The summed E-state index contributed by atoms with van der Waals surface area (Å²) >= 11 is 0. The number of nitrogens with zero attached hydrogens (tertiary/aromatic N) is 3. The molecule has 0 aliphatic heterocycles. The Balaban J connectivity index is 1.92. The molecule has 0 saturated carbocycles. The van der Waals surface area contributed by atoms with Crippen LogP contribution in [0.4, 0.5) is 24.7 Å². The third-order valence-electron chi connectivity index (χ3n) is 3.69. The van der Waals surface area contributed by atoms with Crippen LogP contribution in [0.2, 0.25) is 0 Å². The Morgan fingerprint density at radius 2 is 1.81 bits per heavy atom. The van der Waals surface area contributed by atoms with Crippen molar-refractivity contribution in [3.63, 3.8) is 0 Å². The number of guanidine groups is 1. The Bertz CT molecular complexity index is 741. The molecule has 0 aliphatic rings. The maximum absolute atomic E-state index is 12.1. The zero-order chi connectivity index (χ0) is 19.9. The van der Waals surface area contributed by atoms with E-state index in [1.54, 1.807) is 6.20 Å². The molecule has 3 N–H and O–H groups in total. The molecular weight excluding hydrogens is 359 g/mol. The van der Waals surface area contributed by atoms with Gasteiger partial charge in [0.25, 0.3) is 0 Å². The van der Waals surface area contributed by atoms with Gasteiger partial charge >= 0.3 is 6.36 Å². The number of halogens is 3. The van der Waals surface area contributed by atoms with Gasteiger partial charge in [-0.3, -0.25) is 0 Å². The van der Waals surface area contributed by atoms with Crippen molar-refractivity contribution >= 4 is 17.5 Å². The average molecular weight is 381 g/mol. The van der Waals surface area contributed by atoms with Gasteiger partial charge in [0.15, 0.2) is 5.96 Å². The molecule has 1 aromatic carbocycles. The third kappa shape index (κ3) is 6.69. The van der Waals surface area contributed by atoms with E-state index >= 15 is 0 Å². The fourth-order valence-electron chi connectivity index (χ4n) is 2.35. The van der Waals surface area contributed by atoms with Crippen molar-refractivity contribution in [2.24, 2.45) is 10.7 Å². The Hall–Kier alpha value is -2.97. The largest absolute Gasteiger partial charge is 0.573 e. The van der Waals surface area contributed by atoms with Gasteiger partial charge in [0, 0.05) is 25.0 Å². The molecular formula is C18H22F3N5O. The smallest absolute Gasteiger partial charge is 0.406 e. The van der Waals surface area contributed by atoms with Crippen molar-refractivity contribution in [2.75, 3.05) is 23.3 Å². The van der Waals surface area contributed by atoms with Crippen LogP contribution >= 0.6 is 0 Å². The molecule has 6 nitrogen and oxygen atoms in total. The van der Waals surface area contributed by atoms with Gasteiger partial charge in [0.05, 0.1) is 6.54 Å². The zero-order valence-electron chi connectivity index (χ0n) is 15.1. The van der Waals surface area contributed by atoms with E-state index in [0.717, 1.165) is 24.5 Å². The molecule has 9 heteroatoms.